The lowest BCUT2D eigenvalue weighted by Crippen LogP contribution is -2.36. The molecule has 0 aliphatic heterocycles. The predicted octanol–water partition coefficient (Wildman–Crippen LogP) is 5.95. The summed E-state index contributed by atoms with van der Waals surface area (Å²) in [4.78, 5) is 21.9. The van der Waals surface area contributed by atoms with E-state index in [1.54, 1.807) is 17.0 Å². The first-order chi connectivity index (χ1) is 15.0. The van der Waals surface area contributed by atoms with Gasteiger partial charge in [-0.2, -0.15) is 0 Å². The zero-order chi connectivity index (χ0) is 21.8. The fourth-order valence-corrected chi connectivity index (χ4v) is 4.32. The van der Waals surface area contributed by atoms with Crippen LogP contribution in [0.1, 0.15) is 10.4 Å². The number of anilines is 1. The number of carbonyl (C=O) groups is 1. The third-order valence-corrected chi connectivity index (χ3v) is 5.92. The predicted molar refractivity (Wildman–Crippen MR) is 128 cm³/mol. The summed E-state index contributed by atoms with van der Waals surface area (Å²) in [6.45, 7) is 1.23. The monoisotopic (exact) mass is 451 g/mol. The molecule has 158 valence electrons. The first-order valence-electron chi connectivity index (χ1n) is 9.85. The topological polar surface area (TPSA) is 45.7 Å². The Kier molecular flexibility index (Phi) is 6.51. The van der Waals surface area contributed by atoms with Crippen LogP contribution in [0.5, 0.6) is 11.5 Å². The summed E-state index contributed by atoms with van der Waals surface area (Å²) in [7, 11) is 3.96. The molecule has 3 aromatic carbocycles. The number of amides is 1. The van der Waals surface area contributed by atoms with E-state index in [1.807, 2.05) is 79.7 Å². The number of benzene rings is 3. The smallest absolute Gasteiger partial charge is 0.260 e. The lowest BCUT2D eigenvalue weighted by Gasteiger charge is -2.22. The molecule has 0 aliphatic carbocycles. The number of rotatable bonds is 7. The largest absolute Gasteiger partial charge is 0.457 e. The third-order valence-electron chi connectivity index (χ3n) is 4.65. The molecule has 5 nitrogen and oxygen atoms in total. The van der Waals surface area contributed by atoms with E-state index in [-0.39, 0.29) is 5.91 Å². The van der Waals surface area contributed by atoms with Gasteiger partial charge in [0.2, 0.25) is 0 Å². The average molecular weight is 452 g/mol. The Morgan fingerprint density at radius 3 is 2.52 bits per heavy atom. The molecule has 1 amide bonds. The van der Waals surface area contributed by atoms with E-state index in [1.165, 1.54) is 11.3 Å². The second-order valence-corrected chi connectivity index (χ2v) is 8.76. The highest BCUT2D eigenvalue weighted by Crippen LogP contribution is 2.32. The standard InChI is InChI=1S/C24H22ClN3O2S/c1-27(2)13-14-28(24-26-21-12-11-18(25)16-22(21)31-24)23(29)17-7-6-10-20(15-17)30-19-8-4-3-5-9-19/h3-12,15-16H,13-14H2,1-2H3. The summed E-state index contributed by atoms with van der Waals surface area (Å²) >= 11 is 7.59. The van der Waals surface area contributed by atoms with Crippen LogP contribution in [0, 0.1) is 0 Å². The molecule has 1 heterocycles. The van der Waals surface area contributed by atoms with Crippen molar-refractivity contribution >= 4 is 44.2 Å². The molecule has 0 aliphatic rings. The van der Waals surface area contributed by atoms with E-state index in [4.69, 9.17) is 16.3 Å². The van der Waals surface area contributed by atoms with Gasteiger partial charge in [-0.25, -0.2) is 4.98 Å². The van der Waals surface area contributed by atoms with Gasteiger partial charge in [0, 0.05) is 23.7 Å². The minimum Gasteiger partial charge on any atom is -0.457 e. The molecular formula is C24H22ClN3O2S. The number of halogens is 1. The number of fused-ring (bicyclic) bond motifs is 1. The second-order valence-electron chi connectivity index (χ2n) is 7.31. The number of hydrogen-bond donors (Lipinski definition) is 0. The molecule has 7 heteroatoms. The number of para-hydroxylation sites is 1. The minimum absolute atomic E-state index is 0.120. The quantitative estimate of drug-likeness (QED) is 0.348. The van der Waals surface area contributed by atoms with Crippen molar-refractivity contribution in [2.75, 3.05) is 32.1 Å². The highest BCUT2D eigenvalue weighted by Gasteiger charge is 2.22. The third kappa shape index (κ3) is 5.22. The van der Waals surface area contributed by atoms with Crippen LogP contribution in [0.2, 0.25) is 5.02 Å². The summed E-state index contributed by atoms with van der Waals surface area (Å²) in [6, 6.07) is 22.3. The Morgan fingerprint density at radius 1 is 0.968 bits per heavy atom. The van der Waals surface area contributed by atoms with Crippen LogP contribution in [0.25, 0.3) is 10.2 Å². The van der Waals surface area contributed by atoms with Crippen molar-refractivity contribution in [1.82, 2.24) is 9.88 Å². The van der Waals surface area contributed by atoms with Gasteiger partial charge < -0.3 is 9.64 Å². The molecule has 4 aromatic rings. The van der Waals surface area contributed by atoms with Crippen molar-refractivity contribution in [3.05, 3.63) is 83.4 Å². The van der Waals surface area contributed by atoms with Crippen molar-refractivity contribution in [2.24, 2.45) is 0 Å². The van der Waals surface area contributed by atoms with Crippen LogP contribution in [0.3, 0.4) is 0 Å². The lowest BCUT2D eigenvalue weighted by atomic mass is 10.2. The highest BCUT2D eigenvalue weighted by molar-refractivity contribution is 7.22. The van der Waals surface area contributed by atoms with Gasteiger partial charge in [-0.1, -0.05) is 47.2 Å². The van der Waals surface area contributed by atoms with Gasteiger partial charge in [0.05, 0.1) is 10.2 Å². The first-order valence-corrected chi connectivity index (χ1v) is 11.0. The maximum absolute atomic E-state index is 13.5. The first kappa shape index (κ1) is 21.3. The van der Waals surface area contributed by atoms with Crippen LogP contribution in [0.15, 0.2) is 72.8 Å². The minimum atomic E-state index is -0.120. The van der Waals surface area contributed by atoms with Crippen LogP contribution >= 0.6 is 22.9 Å². The van der Waals surface area contributed by atoms with Crippen LogP contribution < -0.4 is 9.64 Å². The number of aromatic nitrogens is 1. The Balaban J connectivity index is 1.64. The molecular weight excluding hydrogens is 430 g/mol. The molecule has 4 rings (SSSR count). The Labute approximate surface area is 190 Å². The van der Waals surface area contributed by atoms with Gasteiger partial charge in [-0.3, -0.25) is 9.69 Å². The summed E-state index contributed by atoms with van der Waals surface area (Å²) in [6.07, 6.45) is 0. The summed E-state index contributed by atoms with van der Waals surface area (Å²) in [5.41, 5.74) is 1.37. The SMILES string of the molecule is CN(C)CCN(C(=O)c1cccc(Oc2ccccc2)c1)c1nc2ccc(Cl)cc2s1. The molecule has 0 atom stereocenters. The fourth-order valence-electron chi connectivity index (χ4n) is 3.06. The summed E-state index contributed by atoms with van der Waals surface area (Å²) < 4.78 is 6.86. The van der Waals surface area contributed by atoms with E-state index in [0.717, 1.165) is 16.0 Å². The van der Waals surface area contributed by atoms with Gasteiger partial charge in [0.1, 0.15) is 11.5 Å². The molecule has 0 N–H and O–H groups in total. The molecule has 0 radical (unpaired) electrons. The maximum atomic E-state index is 13.5. The van der Waals surface area contributed by atoms with E-state index < -0.39 is 0 Å². The summed E-state index contributed by atoms with van der Waals surface area (Å²) in [5, 5.41) is 1.30. The van der Waals surface area contributed by atoms with Gasteiger partial charge in [-0.05, 0) is 62.6 Å². The van der Waals surface area contributed by atoms with Crippen molar-refractivity contribution in [1.29, 1.82) is 0 Å². The molecule has 0 spiro atoms. The number of thiazole rings is 1. The number of carbonyl (C=O) groups excluding carboxylic acids is 1. The normalized spacial score (nSPS) is 11.1. The van der Waals surface area contributed by atoms with Gasteiger partial charge in [0.15, 0.2) is 5.13 Å². The van der Waals surface area contributed by atoms with Gasteiger partial charge in [0.25, 0.3) is 5.91 Å². The Bertz CT molecular complexity index is 1190. The average Bonchev–Trinajstić information content (AvgIpc) is 3.17. The maximum Gasteiger partial charge on any atom is 0.260 e. The van der Waals surface area contributed by atoms with E-state index in [2.05, 4.69) is 4.98 Å². The van der Waals surface area contributed by atoms with E-state index in [0.29, 0.717) is 34.6 Å². The molecule has 0 saturated carbocycles. The van der Waals surface area contributed by atoms with Crippen LogP contribution in [0.4, 0.5) is 5.13 Å². The van der Waals surface area contributed by atoms with Crippen molar-refractivity contribution in [3.63, 3.8) is 0 Å². The number of hydrogen-bond acceptors (Lipinski definition) is 5. The molecule has 0 unspecified atom stereocenters. The summed E-state index contributed by atoms with van der Waals surface area (Å²) in [5.74, 6) is 1.21. The molecule has 0 saturated heterocycles. The number of nitrogens with zero attached hydrogens (tertiary/aromatic N) is 3. The van der Waals surface area contributed by atoms with Gasteiger partial charge in [-0.15, -0.1) is 0 Å². The molecule has 31 heavy (non-hydrogen) atoms. The zero-order valence-electron chi connectivity index (χ0n) is 17.3. The number of ether oxygens (including phenoxy) is 1. The number of likely N-dealkylation sites (N-methyl/N-ethyl adjacent to an activating group) is 1. The van der Waals surface area contributed by atoms with Crippen molar-refractivity contribution in [3.8, 4) is 11.5 Å². The Hall–Kier alpha value is -2.93. The molecule has 1 aromatic heterocycles. The van der Waals surface area contributed by atoms with Crippen LogP contribution in [-0.4, -0.2) is 43.0 Å². The molecule has 0 fully saturated rings. The second kappa shape index (κ2) is 9.47. The van der Waals surface area contributed by atoms with Crippen molar-refractivity contribution < 1.29 is 9.53 Å². The van der Waals surface area contributed by atoms with Gasteiger partial charge >= 0.3 is 0 Å². The molecule has 0 bridgehead atoms. The fraction of sp³-hybridized carbons (Fsp3) is 0.167. The van der Waals surface area contributed by atoms with E-state index >= 15 is 0 Å². The zero-order valence-corrected chi connectivity index (χ0v) is 18.9. The lowest BCUT2D eigenvalue weighted by molar-refractivity contribution is 0.0985. The van der Waals surface area contributed by atoms with Crippen molar-refractivity contribution in [2.45, 2.75) is 0 Å². The Morgan fingerprint density at radius 2 is 1.74 bits per heavy atom. The van der Waals surface area contributed by atoms with E-state index in [9.17, 15) is 4.79 Å². The van der Waals surface area contributed by atoms with Crippen LogP contribution in [-0.2, 0) is 0 Å². The highest BCUT2D eigenvalue weighted by atomic mass is 35.5.